The summed E-state index contributed by atoms with van der Waals surface area (Å²) in [5, 5.41) is 0. The van der Waals surface area contributed by atoms with Crippen molar-refractivity contribution < 1.29 is 4.74 Å². The summed E-state index contributed by atoms with van der Waals surface area (Å²) in [7, 11) is 0. The van der Waals surface area contributed by atoms with Gasteiger partial charge in [0.25, 0.3) is 0 Å². The molecule has 1 aromatic rings. The molecule has 2 heterocycles. The summed E-state index contributed by atoms with van der Waals surface area (Å²) in [5.41, 5.74) is 7.36. The molecule has 2 N–H and O–H groups in total. The average Bonchev–Trinajstić information content (AvgIpc) is 2.56. The summed E-state index contributed by atoms with van der Waals surface area (Å²) < 4.78 is 5.48. The molecule has 2 rings (SSSR count). The quantitative estimate of drug-likeness (QED) is 0.684. The highest BCUT2D eigenvalue weighted by Crippen LogP contribution is 2.27. The van der Waals surface area contributed by atoms with E-state index in [9.17, 15) is 0 Å². The van der Waals surface area contributed by atoms with Gasteiger partial charge in [-0.2, -0.15) is 0 Å². The molecule has 1 fully saturated rings. The summed E-state index contributed by atoms with van der Waals surface area (Å²) in [4.78, 5) is 4.22. The monoisotopic (exact) mass is 164 g/mol. The van der Waals surface area contributed by atoms with Gasteiger partial charge in [0, 0.05) is 18.5 Å². The van der Waals surface area contributed by atoms with Gasteiger partial charge >= 0.3 is 0 Å². The first-order valence-corrected chi connectivity index (χ1v) is 4.19. The number of hydrogen-bond acceptors (Lipinski definition) is 3. The highest BCUT2D eigenvalue weighted by Gasteiger charge is 2.18. The van der Waals surface area contributed by atoms with Crippen LogP contribution in [0.15, 0.2) is 18.3 Å². The van der Waals surface area contributed by atoms with Crippen LogP contribution in [0.3, 0.4) is 0 Å². The summed E-state index contributed by atoms with van der Waals surface area (Å²) in [6, 6.07) is 3.68. The first-order valence-electron chi connectivity index (χ1n) is 4.19. The maximum Gasteiger partial charge on any atom is 0.0996 e. The van der Waals surface area contributed by atoms with Crippen LogP contribution in [0.4, 0.5) is 5.69 Å². The number of aromatic nitrogens is 1. The lowest BCUT2D eigenvalue weighted by Gasteiger charge is -2.08. The number of ether oxygens (including phenoxy) is 1. The molecule has 1 aliphatic rings. The molecule has 3 nitrogen and oxygen atoms in total. The average molecular weight is 164 g/mol. The van der Waals surface area contributed by atoms with E-state index >= 15 is 0 Å². The Hall–Kier alpha value is -1.09. The molecule has 12 heavy (non-hydrogen) atoms. The van der Waals surface area contributed by atoms with Gasteiger partial charge in [-0.25, -0.2) is 0 Å². The third-order valence-electron chi connectivity index (χ3n) is 2.06. The third kappa shape index (κ3) is 1.41. The fourth-order valence-electron chi connectivity index (χ4n) is 1.45. The van der Waals surface area contributed by atoms with Crippen molar-refractivity contribution in [2.24, 2.45) is 0 Å². The van der Waals surface area contributed by atoms with Gasteiger partial charge in [-0.05, 0) is 25.0 Å². The lowest BCUT2D eigenvalue weighted by atomic mass is 10.1. The van der Waals surface area contributed by atoms with Crippen LogP contribution in [-0.4, -0.2) is 11.6 Å². The largest absolute Gasteiger partial charge is 0.399 e. The van der Waals surface area contributed by atoms with Crippen molar-refractivity contribution in [2.75, 3.05) is 12.3 Å². The molecule has 1 saturated heterocycles. The molecule has 0 aliphatic carbocycles. The van der Waals surface area contributed by atoms with Crippen LogP contribution in [0.2, 0.25) is 0 Å². The van der Waals surface area contributed by atoms with Gasteiger partial charge in [-0.1, -0.05) is 0 Å². The summed E-state index contributed by atoms with van der Waals surface area (Å²) in [6.45, 7) is 0.848. The minimum atomic E-state index is 0.175. The van der Waals surface area contributed by atoms with E-state index < -0.39 is 0 Å². The second kappa shape index (κ2) is 3.11. The molecule has 0 saturated carbocycles. The number of nitrogens with two attached hydrogens (primary N) is 1. The Bertz CT molecular complexity index is 269. The zero-order valence-electron chi connectivity index (χ0n) is 6.86. The lowest BCUT2D eigenvalue weighted by molar-refractivity contribution is 0.108. The Kier molecular flexibility index (Phi) is 1.96. The number of pyridine rings is 1. The smallest absolute Gasteiger partial charge is 0.0996 e. The van der Waals surface area contributed by atoms with Crippen LogP contribution in [0.25, 0.3) is 0 Å². The molecular weight excluding hydrogens is 152 g/mol. The number of nitrogen functional groups attached to an aromatic ring is 1. The summed E-state index contributed by atoms with van der Waals surface area (Å²) >= 11 is 0. The van der Waals surface area contributed by atoms with E-state index in [1.807, 2.05) is 6.07 Å². The highest BCUT2D eigenvalue weighted by molar-refractivity contribution is 5.37. The first-order chi connectivity index (χ1) is 5.86. The van der Waals surface area contributed by atoms with Gasteiger partial charge in [0.05, 0.1) is 11.8 Å². The molecule has 0 bridgehead atoms. The normalized spacial score (nSPS) is 22.8. The summed E-state index contributed by atoms with van der Waals surface area (Å²) in [5.74, 6) is 0. The third-order valence-corrected chi connectivity index (χ3v) is 2.06. The molecule has 0 radical (unpaired) electrons. The Labute approximate surface area is 71.6 Å². The van der Waals surface area contributed by atoms with Crippen molar-refractivity contribution in [1.29, 1.82) is 0 Å². The van der Waals surface area contributed by atoms with Crippen LogP contribution in [0, 0.1) is 0 Å². The van der Waals surface area contributed by atoms with E-state index in [4.69, 9.17) is 10.5 Å². The van der Waals surface area contributed by atoms with Crippen LogP contribution in [0.5, 0.6) is 0 Å². The molecule has 64 valence electrons. The van der Waals surface area contributed by atoms with E-state index in [1.54, 1.807) is 12.3 Å². The Morgan fingerprint density at radius 1 is 1.58 bits per heavy atom. The SMILES string of the molecule is Nc1ccnc(C2CCCO2)c1. The first kappa shape index (κ1) is 7.55. The highest BCUT2D eigenvalue weighted by atomic mass is 16.5. The van der Waals surface area contributed by atoms with Gasteiger partial charge in [-0.3, -0.25) is 4.98 Å². The number of nitrogens with zero attached hydrogens (tertiary/aromatic N) is 1. The minimum Gasteiger partial charge on any atom is -0.399 e. The fourth-order valence-corrected chi connectivity index (χ4v) is 1.45. The fraction of sp³-hybridized carbons (Fsp3) is 0.444. The standard InChI is InChI=1S/C9H12N2O/c10-7-3-4-11-8(6-7)9-2-1-5-12-9/h3-4,6,9H,1-2,5H2,(H2,10,11). The van der Waals surface area contributed by atoms with Gasteiger partial charge in [0.2, 0.25) is 0 Å². The van der Waals surface area contributed by atoms with Gasteiger partial charge < -0.3 is 10.5 Å². The van der Waals surface area contributed by atoms with Crippen molar-refractivity contribution in [3.63, 3.8) is 0 Å². The molecule has 0 amide bonds. The van der Waals surface area contributed by atoms with Crippen LogP contribution in [-0.2, 0) is 4.74 Å². The van der Waals surface area contributed by atoms with Crippen molar-refractivity contribution in [3.8, 4) is 0 Å². The van der Waals surface area contributed by atoms with Crippen molar-refractivity contribution in [3.05, 3.63) is 24.0 Å². The van der Waals surface area contributed by atoms with Crippen LogP contribution < -0.4 is 5.73 Å². The molecule has 1 unspecified atom stereocenters. The summed E-state index contributed by atoms with van der Waals surface area (Å²) in [6.07, 6.45) is 4.10. The minimum absolute atomic E-state index is 0.175. The Morgan fingerprint density at radius 2 is 2.50 bits per heavy atom. The lowest BCUT2D eigenvalue weighted by Crippen LogP contribution is -1.99. The second-order valence-corrected chi connectivity index (χ2v) is 3.02. The van der Waals surface area contributed by atoms with Crippen molar-refractivity contribution in [1.82, 2.24) is 4.98 Å². The molecule has 1 atom stereocenters. The Balaban J connectivity index is 2.21. The zero-order chi connectivity index (χ0) is 8.39. The van der Waals surface area contributed by atoms with E-state index in [0.29, 0.717) is 0 Å². The second-order valence-electron chi connectivity index (χ2n) is 3.02. The van der Waals surface area contributed by atoms with Gasteiger partial charge in [-0.15, -0.1) is 0 Å². The molecule has 0 spiro atoms. The van der Waals surface area contributed by atoms with E-state index in [-0.39, 0.29) is 6.10 Å². The maximum absolute atomic E-state index is 5.63. The number of anilines is 1. The zero-order valence-corrected chi connectivity index (χ0v) is 6.86. The molecule has 1 aromatic heterocycles. The van der Waals surface area contributed by atoms with Crippen molar-refractivity contribution >= 4 is 5.69 Å². The predicted octanol–water partition coefficient (Wildman–Crippen LogP) is 1.52. The number of rotatable bonds is 1. The van der Waals surface area contributed by atoms with Crippen molar-refractivity contribution in [2.45, 2.75) is 18.9 Å². The van der Waals surface area contributed by atoms with Gasteiger partial charge in [0.1, 0.15) is 0 Å². The van der Waals surface area contributed by atoms with Crippen LogP contribution in [0.1, 0.15) is 24.6 Å². The molecular formula is C9H12N2O. The van der Waals surface area contributed by atoms with E-state index in [2.05, 4.69) is 4.98 Å². The predicted molar refractivity (Wildman–Crippen MR) is 46.6 cm³/mol. The molecule has 1 aliphatic heterocycles. The molecule has 3 heteroatoms. The van der Waals surface area contributed by atoms with Gasteiger partial charge in [0.15, 0.2) is 0 Å². The number of hydrogen-bond donors (Lipinski definition) is 1. The van der Waals surface area contributed by atoms with Crippen LogP contribution >= 0.6 is 0 Å². The van der Waals surface area contributed by atoms with E-state index in [1.165, 1.54) is 0 Å². The van der Waals surface area contributed by atoms with E-state index in [0.717, 1.165) is 30.8 Å². The Morgan fingerprint density at radius 3 is 3.17 bits per heavy atom. The molecule has 0 aromatic carbocycles. The maximum atomic E-state index is 5.63. The topological polar surface area (TPSA) is 48.1 Å².